The number of allylic oxidation sites excluding steroid dienone is 2. The Hall–Kier alpha value is -2.55. The van der Waals surface area contributed by atoms with E-state index in [1.807, 2.05) is 11.0 Å². The zero-order valence-electron chi connectivity index (χ0n) is 17.7. The highest BCUT2D eigenvalue weighted by atomic mass is 16.2. The second-order valence-electron chi connectivity index (χ2n) is 9.06. The van der Waals surface area contributed by atoms with Crippen LogP contribution in [0.15, 0.2) is 42.5 Å². The van der Waals surface area contributed by atoms with Gasteiger partial charge in [-0.25, -0.2) is 0 Å². The number of amides is 1. The third-order valence-electron chi connectivity index (χ3n) is 7.07. The number of carbonyl (C=O) groups is 1. The lowest BCUT2D eigenvalue weighted by molar-refractivity contribution is 0.0793. The number of rotatable bonds is 2. The molecule has 1 saturated heterocycles. The van der Waals surface area contributed by atoms with Gasteiger partial charge in [0.1, 0.15) is 0 Å². The number of para-hydroxylation sites is 1. The molecule has 3 atom stereocenters. The number of likely N-dealkylation sites (tertiary alicyclic amines) is 1. The summed E-state index contributed by atoms with van der Waals surface area (Å²) in [4.78, 5) is 15.3. The third kappa shape index (κ3) is 2.99. The van der Waals surface area contributed by atoms with Gasteiger partial charge in [0, 0.05) is 19.0 Å². The van der Waals surface area contributed by atoms with Crippen molar-refractivity contribution in [3.63, 3.8) is 0 Å². The normalized spacial score (nSPS) is 24.9. The highest BCUT2D eigenvalue weighted by Gasteiger charge is 2.40. The van der Waals surface area contributed by atoms with Gasteiger partial charge in [0.25, 0.3) is 5.91 Å². The van der Waals surface area contributed by atoms with Gasteiger partial charge in [-0.3, -0.25) is 4.79 Å². The second kappa shape index (κ2) is 7.05. The molecule has 0 spiro atoms. The molecule has 2 aromatic rings. The minimum Gasteiger partial charge on any atom is -0.377 e. The Balaban J connectivity index is 1.62. The van der Waals surface area contributed by atoms with Crippen LogP contribution < -0.4 is 5.32 Å². The fraction of sp³-hybridized carbons (Fsp3) is 0.423. The molecule has 1 amide bonds. The summed E-state index contributed by atoms with van der Waals surface area (Å²) in [6.45, 7) is 8.39. The lowest BCUT2D eigenvalue weighted by atomic mass is 9.74. The number of hydrogen-bond donors (Lipinski definition) is 1. The molecule has 3 unspecified atom stereocenters. The first-order valence-corrected chi connectivity index (χ1v) is 11.0. The number of fused-ring (bicyclic) bond motifs is 3. The molecule has 3 aliphatic rings. The summed E-state index contributed by atoms with van der Waals surface area (Å²) < 4.78 is 0. The van der Waals surface area contributed by atoms with Crippen LogP contribution in [0.2, 0.25) is 0 Å². The maximum absolute atomic E-state index is 13.3. The van der Waals surface area contributed by atoms with Gasteiger partial charge in [0.2, 0.25) is 0 Å². The molecule has 150 valence electrons. The maximum Gasteiger partial charge on any atom is 0.255 e. The molecular formula is C26H30N2O. The van der Waals surface area contributed by atoms with Crippen molar-refractivity contribution in [1.29, 1.82) is 0 Å². The van der Waals surface area contributed by atoms with E-state index in [9.17, 15) is 4.79 Å². The molecule has 3 nitrogen and oxygen atoms in total. The highest BCUT2D eigenvalue weighted by molar-refractivity contribution is 6.01. The molecule has 2 aliphatic heterocycles. The molecule has 0 aromatic heterocycles. The lowest BCUT2D eigenvalue weighted by Gasteiger charge is -2.40. The van der Waals surface area contributed by atoms with Crippen molar-refractivity contribution in [3.8, 4) is 0 Å². The van der Waals surface area contributed by atoms with Crippen LogP contribution in [-0.2, 0) is 0 Å². The maximum atomic E-state index is 13.3. The zero-order chi connectivity index (χ0) is 20.1. The van der Waals surface area contributed by atoms with Crippen molar-refractivity contribution in [2.45, 2.75) is 52.0 Å². The van der Waals surface area contributed by atoms with Crippen LogP contribution in [0.3, 0.4) is 0 Å². The lowest BCUT2D eigenvalue weighted by Crippen LogP contribution is -2.33. The largest absolute Gasteiger partial charge is 0.377 e. The van der Waals surface area contributed by atoms with Crippen LogP contribution in [0, 0.1) is 26.7 Å². The average molecular weight is 387 g/mol. The number of nitrogens with one attached hydrogen (secondary N) is 1. The van der Waals surface area contributed by atoms with E-state index in [2.05, 4.69) is 62.5 Å². The summed E-state index contributed by atoms with van der Waals surface area (Å²) in [5.74, 6) is 1.06. The Morgan fingerprint density at radius 3 is 2.52 bits per heavy atom. The van der Waals surface area contributed by atoms with E-state index in [1.54, 1.807) is 0 Å². The molecule has 2 aromatic carbocycles. The Labute approximate surface area is 173 Å². The van der Waals surface area contributed by atoms with Crippen molar-refractivity contribution >= 4 is 11.6 Å². The van der Waals surface area contributed by atoms with E-state index in [0.717, 1.165) is 43.6 Å². The van der Waals surface area contributed by atoms with Crippen molar-refractivity contribution in [1.82, 2.24) is 4.90 Å². The summed E-state index contributed by atoms with van der Waals surface area (Å²) >= 11 is 0. The Morgan fingerprint density at radius 1 is 1.07 bits per heavy atom. The highest BCUT2D eigenvalue weighted by Crippen LogP contribution is 2.51. The van der Waals surface area contributed by atoms with E-state index in [0.29, 0.717) is 11.8 Å². The fourth-order valence-electron chi connectivity index (χ4n) is 5.86. The molecule has 1 N–H and O–H groups in total. The molecule has 0 saturated carbocycles. The number of carbonyl (C=O) groups excluding carboxylic acids is 1. The van der Waals surface area contributed by atoms with E-state index < -0.39 is 0 Å². The number of nitrogens with zero attached hydrogens (tertiary/aromatic N) is 1. The Kier molecular flexibility index (Phi) is 4.49. The standard InChI is InChI=1S/C26H30N2O/c1-16-14-17(2)23(18(3)15-16)25-21-10-6-8-19(21)20-9-7-11-22(24(20)27-25)26(29)28-12-4-5-13-28/h6-9,11,14-15,19,21,25,27H,4-5,10,12-13H2,1-3H3. The summed E-state index contributed by atoms with van der Waals surface area (Å²) in [5, 5.41) is 3.87. The zero-order valence-corrected chi connectivity index (χ0v) is 17.7. The van der Waals surface area contributed by atoms with Crippen molar-refractivity contribution in [2.75, 3.05) is 18.4 Å². The van der Waals surface area contributed by atoms with Crippen LogP contribution >= 0.6 is 0 Å². The summed E-state index contributed by atoms with van der Waals surface area (Å²) in [7, 11) is 0. The van der Waals surface area contributed by atoms with Crippen LogP contribution in [0.5, 0.6) is 0 Å². The summed E-state index contributed by atoms with van der Waals surface area (Å²) in [6, 6.07) is 11.1. The van der Waals surface area contributed by atoms with E-state index >= 15 is 0 Å². The summed E-state index contributed by atoms with van der Waals surface area (Å²) in [5.41, 5.74) is 8.59. The van der Waals surface area contributed by atoms with E-state index in [1.165, 1.54) is 27.8 Å². The molecule has 1 fully saturated rings. The van der Waals surface area contributed by atoms with Gasteiger partial charge in [0.05, 0.1) is 17.3 Å². The van der Waals surface area contributed by atoms with Crippen LogP contribution in [-0.4, -0.2) is 23.9 Å². The minimum atomic E-state index is 0.184. The summed E-state index contributed by atoms with van der Waals surface area (Å²) in [6.07, 6.45) is 8.00. The molecule has 0 radical (unpaired) electrons. The Morgan fingerprint density at radius 2 is 1.79 bits per heavy atom. The van der Waals surface area contributed by atoms with Gasteiger partial charge >= 0.3 is 0 Å². The number of anilines is 1. The topological polar surface area (TPSA) is 32.3 Å². The second-order valence-corrected chi connectivity index (χ2v) is 9.06. The van der Waals surface area contributed by atoms with E-state index in [4.69, 9.17) is 0 Å². The van der Waals surface area contributed by atoms with Gasteiger partial charge in [-0.15, -0.1) is 0 Å². The predicted molar refractivity (Wildman–Crippen MR) is 119 cm³/mol. The molecule has 29 heavy (non-hydrogen) atoms. The minimum absolute atomic E-state index is 0.184. The van der Waals surface area contributed by atoms with Gasteiger partial charge in [-0.1, -0.05) is 42.0 Å². The molecule has 0 bridgehead atoms. The quantitative estimate of drug-likeness (QED) is 0.674. The molecule has 2 heterocycles. The van der Waals surface area contributed by atoms with Crippen molar-refractivity contribution in [3.05, 3.63) is 75.9 Å². The van der Waals surface area contributed by atoms with Gasteiger partial charge in [-0.2, -0.15) is 0 Å². The Bertz CT molecular complexity index is 977. The first-order chi connectivity index (χ1) is 14.0. The SMILES string of the molecule is Cc1cc(C)c(C2Nc3c(C(=O)N4CCCC4)cccc3C3C=CCC32)c(C)c1. The van der Waals surface area contributed by atoms with Crippen molar-refractivity contribution < 1.29 is 4.79 Å². The number of aryl methyl sites for hydroxylation is 3. The van der Waals surface area contributed by atoms with E-state index in [-0.39, 0.29) is 11.9 Å². The first-order valence-electron chi connectivity index (χ1n) is 11.0. The van der Waals surface area contributed by atoms with Gasteiger partial charge in [0.15, 0.2) is 0 Å². The molecular weight excluding hydrogens is 356 g/mol. The number of benzene rings is 2. The molecule has 1 aliphatic carbocycles. The van der Waals surface area contributed by atoms with Crippen LogP contribution in [0.25, 0.3) is 0 Å². The van der Waals surface area contributed by atoms with Crippen LogP contribution in [0.4, 0.5) is 5.69 Å². The molecule has 5 rings (SSSR count). The average Bonchev–Trinajstić information content (AvgIpc) is 3.38. The van der Waals surface area contributed by atoms with Gasteiger partial charge < -0.3 is 10.2 Å². The predicted octanol–water partition coefficient (Wildman–Crippen LogP) is 5.67. The monoisotopic (exact) mass is 386 g/mol. The van der Waals surface area contributed by atoms with Crippen LogP contribution in [0.1, 0.15) is 69.4 Å². The molecule has 3 heteroatoms. The van der Waals surface area contributed by atoms with Gasteiger partial charge in [-0.05, 0) is 74.3 Å². The van der Waals surface area contributed by atoms with Crippen molar-refractivity contribution in [2.24, 2.45) is 5.92 Å². The fourth-order valence-corrected chi connectivity index (χ4v) is 5.86. The third-order valence-corrected chi connectivity index (χ3v) is 7.07. The smallest absolute Gasteiger partial charge is 0.255 e. The number of hydrogen-bond acceptors (Lipinski definition) is 2. The first kappa shape index (κ1) is 18.5.